The van der Waals surface area contributed by atoms with E-state index in [1.807, 2.05) is 6.92 Å². The van der Waals surface area contributed by atoms with Crippen LogP contribution >= 0.6 is 0 Å². The van der Waals surface area contributed by atoms with Crippen LogP contribution in [0.4, 0.5) is 0 Å². The molecule has 0 saturated heterocycles. The second-order valence-electron chi connectivity index (χ2n) is 6.89. The molecule has 0 bridgehead atoms. The van der Waals surface area contributed by atoms with Gasteiger partial charge in [-0.25, -0.2) is 0 Å². The molecule has 2 aliphatic rings. The number of fused-ring (bicyclic) bond motifs is 3. The third-order valence-electron chi connectivity index (χ3n) is 5.01. The van der Waals surface area contributed by atoms with Crippen LogP contribution in [-0.4, -0.2) is 21.1 Å². The Labute approximate surface area is 148 Å². The summed E-state index contributed by atoms with van der Waals surface area (Å²) in [4.78, 5) is 0.186. The Bertz CT molecular complexity index is 885. The molecule has 1 atom stereocenters. The van der Waals surface area contributed by atoms with Crippen molar-refractivity contribution >= 4 is 10.1 Å². The predicted octanol–water partition coefficient (Wildman–Crippen LogP) is 3.58. The molecule has 132 valence electrons. The summed E-state index contributed by atoms with van der Waals surface area (Å²) in [5.74, 6) is 0.971. The fourth-order valence-electron chi connectivity index (χ4n) is 3.64. The van der Waals surface area contributed by atoms with Gasteiger partial charge >= 0.3 is 0 Å². The standard InChI is InChI=1S/C20H22O4S/c1-14-6-10-18(11-7-14)25(21,22)23-13-17-12-16-9-8-15-4-2-3-5-19(15)20(16)24-17/h6-11,17H,2-5,12-13H2,1H3. The molecule has 0 spiro atoms. The molecular formula is C20H22O4S. The zero-order valence-corrected chi connectivity index (χ0v) is 15.1. The van der Waals surface area contributed by atoms with Crippen molar-refractivity contribution in [3.05, 3.63) is 58.7 Å². The molecule has 4 rings (SSSR count). The minimum Gasteiger partial charge on any atom is -0.487 e. The van der Waals surface area contributed by atoms with Gasteiger partial charge in [-0.2, -0.15) is 8.42 Å². The quantitative estimate of drug-likeness (QED) is 0.784. The first-order valence-electron chi connectivity index (χ1n) is 8.79. The maximum Gasteiger partial charge on any atom is 0.297 e. The molecule has 0 N–H and O–H groups in total. The van der Waals surface area contributed by atoms with Crippen LogP contribution in [0.1, 0.15) is 35.1 Å². The fourth-order valence-corrected chi connectivity index (χ4v) is 4.57. The van der Waals surface area contributed by atoms with Gasteiger partial charge in [0.1, 0.15) is 18.5 Å². The van der Waals surface area contributed by atoms with Crippen LogP contribution in [0.5, 0.6) is 5.75 Å². The van der Waals surface area contributed by atoms with Crippen molar-refractivity contribution in [2.24, 2.45) is 0 Å². The summed E-state index contributed by atoms with van der Waals surface area (Å²) in [7, 11) is -3.75. The van der Waals surface area contributed by atoms with Crippen LogP contribution in [0.25, 0.3) is 0 Å². The molecule has 0 fully saturated rings. The Kier molecular flexibility index (Phi) is 4.29. The highest BCUT2D eigenvalue weighted by atomic mass is 32.2. The van der Waals surface area contributed by atoms with E-state index < -0.39 is 10.1 Å². The zero-order chi connectivity index (χ0) is 17.4. The van der Waals surface area contributed by atoms with Gasteiger partial charge in [0.25, 0.3) is 10.1 Å². The molecule has 0 saturated carbocycles. The lowest BCUT2D eigenvalue weighted by atomic mass is 9.89. The lowest BCUT2D eigenvalue weighted by Gasteiger charge is -2.19. The summed E-state index contributed by atoms with van der Waals surface area (Å²) >= 11 is 0. The zero-order valence-electron chi connectivity index (χ0n) is 14.3. The van der Waals surface area contributed by atoms with Gasteiger partial charge in [0.2, 0.25) is 0 Å². The Balaban J connectivity index is 1.45. The van der Waals surface area contributed by atoms with E-state index in [9.17, 15) is 8.42 Å². The minimum absolute atomic E-state index is 0.0413. The van der Waals surface area contributed by atoms with Crippen LogP contribution in [0.15, 0.2) is 41.3 Å². The molecule has 1 unspecified atom stereocenters. The second-order valence-corrected chi connectivity index (χ2v) is 8.51. The van der Waals surface area contributed by atoms with Gasteiger partial charge in [-0.15, -0.1) is 0 Å². The van der Waals surface area contributed by atoms with Crippen molar-refractivity contribution in [3.8, 4) is 5.75 Å². The predicted molar refractivity (Wildman–Crippen MR) is 95.5 cm³/mol. The first kappa shape index (κ1) is 16.6. The molecule has 0 amide bonds. The van der Waals surface area contributed by atoms with Crippen LogP contribution in [0.2, 0.25) is 0 Å². The fraction of sp³-hybridized carbons (Fsp3) is 0.400. The monoisotopic (exact) mass is 358 g/mol. The molecule has 0 radical (unpaired) electrons. The molecular weight excluding hydrogens is 336 g/mol. The maximum atomic E-state index is 12.3. The Morgan fingerprint density at radius 3 is 2.56 bits per heavy atom. The van der Waals surface area contributed by atoms with E-state index in [-0.39, 0.29) is 17.6 Å². The van der Waals surface area contributed by atoms with Gasteiger partial charge in [0.15, 0.2) is 0 Å². The Hall–Kier alpha value is -1.85. The SMILES string of the molecule is Cc1ccc(S(=O)(=O)OCC2Cc3ccc4c(c3O2)CCCC4)cc1. The summed E-state index contributed by atoms with van der Waals surface area (Å²) in [5, 5.41) is 0. The molecule has 1 aliphatic heterocycles. The minimum atomic E-state index is -3.75. The summed E-state index contributed by atoms with van der Waals surface area (Å²) in [6, 6.07) is 11.0. The van der Waals surface area contributed by atoms with Gasteiger partial charge in [0, 0.05) is 6.42 Å². The number of aryl methyl sites for hydroxylation is 2. The van der Waals surface area contributed by atoms with Gasteiger partial charge in [0.05, 0.1) is 4.90 Å². The largest absolute Gasteiger partial charge is 0.487 e. The third-order valence-corrected chi connectivity index (χ3v) is 6.31. The van der Waals surface area contributed by atoms with E-state index >= 15 is 0 Å². The molecule has 4 nitrogen and oxygen atoms in total. The van der Waals surface area contributed by atoms with Crippen LogP contribution in [-0.2, 0) is 33.6 Å². The van der Waals surface area contributed by atoms with Gasteiger partial charge in [-0.05, 0) is 61.4 Å². The van der Waals surface area contributed by atoms with E-state index in [4.69, 9.17) is 8.92 Å². The van der Waals surface area contributed by atoms with E-state index in [1.165, 1.54) is 29.5 Å². The summed E-state index contributed by atoms with van der Waals surface area (Å²) in [6.07, 6.45) is 5.03. The number of benzene rings is 2. The first-order chi connectivity index (χ1) is 12.0. The van der Waals surface area contributed by atoms with Crippen molar-refractivity contribution < 1.29 is 17.3 Å². The van der Waals surface area contributed by atoms with E-state index in [0.717, 1.165) is 24.2 Å². The molecule has 2 aromatic rings. The lowest BCUT2D eigenvalue weighted by molar-refractivity contribution is 0.151. The average molecular weight is 358 g/mol. The van der Waals surface area contributed by atoms with Gasteiger partial charge in [-0.1, -0.05) is 29.8 Å². The smallest absolute Gasteiger partial charge is 0.297 e. The highest BCUT2D eigenvalue weighted by molar-refractivity contribution is 7.86. The maximum absolute atomic E-state index is 12.3. The van der Waals surface area contributed by atoms with Crippen molar-refractivity contribution in [3.63, 3.8) is 0 Å². The number of ether oxygens (including phenoxy) is 1. The van der Waals surface area contributed by atoms with Gasteiger partial charge < -0.3 is 4.74 Å². The summed E-state index contributed by atoms with van der Waals surface area (Å²) in [6.45, 7) is 1.96. The molecule has 0 aromatic heterocycles. The van der Waals surface area contributed by atoms with Crippen LogP contribution < -0.4 is 4.74 Å². The normalized spacial score (nSPS) is 19.2. The molecule has 2 aromatic carbocycles. The van der Waals surface area contributed by atoms with Crippen LogP contribution in [0.3, 0.4) is 0 Å². The number of rotatable bonds is 4. The van der Waals surface area contributed by atoms with Gasteiger partial charge in [-0.3, -0.25) is 4.18 Å². The summed E-state index contributed by atoms with van der Waals surface area (Å²) < 4.78 is 36.0. The van der Waals surface area contributed by atoms with E-state index in [1.54, 1.807) is 24.3 Å². The molecule has 5 heteroatoms. The Morgan fingerprint density at radius 1 is 1.04 bits per heavy atom. The van der Waals surface area contributed by atoms with E-state index in [2.05, 4.69) is 12.1 Å². The first-order valence-corrected chi connectivity index (χ1v) is 10.2. The Morgan fingerprint density at radius 2 is 1.76 bits per heavy atom. The van der Waals surface area contributed by atoms with Crippen molar-refractivity contribution in [2.45, 2.75) is 50.0 Å². The van der Waals surface area contributed by atoms with Crippen molar-refractivity contribution in [1.29, 1.82) is 0 Å². The average Bonchev–Trinajstić information content (AvgIpc) is 3.04. The molecule has 25 heavy (non-hydrogen) atoms. The second kappa shape index (κ2) is 6.46. The van der Waals surface area contributed by atoms with Crippen molar-refractivity contribution in [1.82, 2.24) is 0 Å². The van der Waals surface area contributed by atoms with Crippen molar-refractivity contribution in [2.75, 3.05) is 6.61 Å². The highest BCUT2D eigenvalue weighted by Gasteiger charge is 2.29. The lowest BCUT2D eigenvalue weighted by Crippen LogP contribution is -2.23. The molecule has 1 heterocycles. The third kappa shape index (κ3) is 3.31. The molecule has 1 aliphatic carbocycles. The highest BCUT2D eigenvalue weighted by Crippen LogP contribution is 2.38. The van der Waals surface area contributed by atoms with E-state index in [0.29, 0.717) is 6.42 Å². The van der Waals surface area contributed by atoms with Crippen LogP contribution in [0, 0.1) is 6.92 Å². The topological polar surface area (TPSA) is 52.6 Å². The number of hydrogen-bond donors (Lipinski definition) is 0. The number of hydrogen-bond acceptors (Lipinski definition) is 4. The summed E-state index contributed by atoms with van der Waals surface area (Å²) in [5.41, 5.74) is 4.87.